The van der Waals surface area contributed by atoms with Gasteiger partial charge in [-0.3, -0.25) is 4.98 Å². The van der Waals surface area contributed by atoms with Crippen molar-refractivity contribution < 1.29 is 5.11 Å². The molecule has 0 radical (unpaired) electrons. The molecule has 2 N–H and O–H groups in total. The second-order valence-electron chi connectivity index (χ2n) is 6.72. The highest BCUT2D eigenvalue weighted by Gasteiger charge is 2.15. The number of aryl methyl sites for hydroxylation is 1. The second-order valence-corrected chi connectivity index (χ2v) is 6.72. The third-order valence-corrected chi connectivity index (χ3v) is 5.14. The smallest absolute Gasteiger partial charge is 0.0952 e. The van der Waals surface area contributed by atoms with E-state index < -0.39 is 0 Å². The molecule has 0 bridgehead atoms. The topological polar surface area (TPSA) is 48.9 Å². The Morgan fingerprint density at radius 3 is 2.69 bits per heavy atom. The quantitative estimate of drug-likeness (QED) is 0.456. The average molecular weight is 338 g/mol. The molecule has 3 heteroatoms. The minimum atomic E-state index is 0.0446. The zero-order chi connectivity index (χ0) is 17.7. The van der Waals surface area contributed by atoms with Gasteiger partial charge < -0.3 is 10.1 Å². The molecule has 0 aliphatic heterocycles. The van der Waals surface area contributed by atoms with E-state index in [0.29, 0.717) is 0 Å². The van der Waals surface area contributed by atoms with Gasteiger partial charge in [0.25, 0.3) is 0 Å². The number of rotatable bonds is 2. The number of aliphatic hydroxyl groups is 1. The molecule has 0 unspecified atom stereocenters. The molecule has 3 aromatic carbocycles. The molecule has 3 nitrogen and oxygen atoms in total. The molecule has 0 saturated carbocycles. The van der Waals surface area contributed by atoms with Crippen LogP contribution in [0.2, 0.25) is 0 Å². The van der Waals surface area contributed by atoms with Crippen LogP contribution in [0.25, 0.3) is 43.8 Å². The third kappa shape index (κ3) is 2.14. The Bertz CT molecular complexity index is 1280. The summed E-state index contributed by atoms with van der Waals surface area (Å²) in [6.07, 6.45) is 1.87. The lowest BCUT2D eigenvalue weighted by Crippen LogP contribution is -1.90. The maximum atomic E-state index is 9.47. The highest BCUT2D eigenvalue weighted by atomic mass is 16.3. The van der Waals surface area contributed by atoms with Crippen LogP contribution in [-0.2, 0) is 6.61 Å². The van der Waals surface area contributed by atoms with Gasteiger partial charge in [-0.05, 0) is 47.0 Å². The van der Waals surface area contributed by atoms with Crippen LogP contribution in [0.5, 0.6) is 0 Å². The van der Waals surface area contributed by atoms with Crippen LogP contribution in [-0.4, -0.2) is 15.1 Å². The number of hydrogen-bond donors (Lipinski definition) is 2. The van der Waals surface area contributed by atoms with E-state index in [0.717, 1.165) is 33.1 Å². The molecule has 2 heterocycles. The molecule has 0 aliphatic carbocycles. The fourth-order valence-electron chi connectivity index (χ4n) is 3.85. The van der Waals surface area contributed by atoms with Gasteiger partial charge >= 0.3 is 0 Å². The third-order valence-electron chi connectivity index (χ3n) is 5.14. The molecule has 0 fully saturated rings. The van der Waals surface area contributed by atoms with Crippen LogP contribution in [0.4, 0.5) is 0 Å². The fraction of sp³-hybridized carbons (Fsp3) is 0.0870. The van der Waals surface area contributed by atoms with Gasteiger partial charge in [-0.25, -0.2) is 0 Å². The van der Waals surface area contributed by atoms with E-state index in [4.69, 9.17) is 4.98 Å². The summed E-state index contributed by atoms with van der Waals surface area (Å²) in [5.41, 5.74) is 6.36. The summed E-state index contributed by atoms with van der Waals surface area (Å²) in [5, 5.41) is 14.1. The number of hydrogen-bond acceptors (Lipinski definition) is 2. The lowest BCUT2D eigenvalue weighted by atomic mass is 9.96. The first-order valence-corrected chi connectivity index (χ1v) is 8.75. The van der Waals surface area contributed by atoms with Crippen LogP contribution in [0.3, 0.4) is 0 Å². The highest BCUT2D eigenvalue weighted by molar-refractivity contribution is 6.13. The lowest BCUT2D eigenvalue weighted by molar-refractivity contribution is 0.282. The van der Waals surface area contributed by atoms with Gasteiger partial charge in [0.05, 0.1) is 17.8 Å². The van der Waals surface area contributed by atoms with Gasteiger partial charge in [0.2, 0.25) is 0 Å². The average Bonchev–Trinajstić information content (AvgIpc) is 3.06. The Balaban J connectivity index is 1.90. The minimum absolute atomic E-state index is 0.0446. The van der Waals surface area contributed by atoms with Gasteiger partial charge in [-0.2, -0.15) is 0 Å². The van der Waals surface area contributed by atoms with E-state index >= 15 is 0 Å². The summed E-state index contributed by atoms with van der Waals surface area (Å²) in [6.45, 7) is 2.18. The van der Waals surface area contributed by atoms with Crippen molar-refractivity contribution in [3.05, 3.63) is 78.0 Å². The van der Waals surface area contributed by atoms with Gasteiger partial charge in [0.15, 0.2) is 0 Å². The molecule has 0 amide bonds. The normalized spacial score (nSPS) is 11.6. The maximum Gasteiger partial charge on any atom is 0.0952 e. The van der Waals surface area contributed by atoms with Crippen molar-refractivity contribution >= 4 is 32.6 Å². The molecule has 0 atom stereocenters. The van der Waals surface area contributed by atoms with Crippen molar-refractivity contribution in [1.82, 2.24) is 9.97 Å². The number of aliphatic hydroxyl groups excluding tert-OH is 1. The number of nitrogens with one attached hydrogen (secondary N) is 1. The van der Waals surface area contributed by atoms with Crippen LogP contribution < -0.4 is 0 Å². The highest BCUT2D eigenvalue weighted by Crippen LogP contribution is 2.37. The van der Waals surface area contributed by atoms with Crippen molar-refractivity contribution in [2.75, 3.05) is 0 Å². The molecule has 5 rings (SSSR count). The Labute approximate surface area is 150 Å². The Morgan fingerprint density at radius 2 is 1.81 bits per heavy atom. The zero-order valence-corrected chi connectivity index (χ0v) is 14.5. The van der Waals surface area contributed by atoms with E-state index in [2.05, 4.69) is 48.3 Å². The first-order valence-electron chi connectivity index (χ1n) is 8.75. The number of benzene rings is 3. The number of aromatic amines is 1. The summed E-state index contributed by atoms with van der Waals surface area (Å²) in [6, 6.07) is 20.8. The molecule has 2 aromatic heterocycles. The van der Waals surface area contributed by atoms with Gasteiger partial charge in [-0.1, -0.05) is 42.5 Å². The number of aromatic nitrogens is 2. The number of nitrogens with zero attached hydrogens (tertiary/aromatic N) is 1. The number of fused-ring (bicyclic) bond motifs is 4. The van der Waals surface area contributed by atoms with E-state index in [1.807, 2.05) is 30.5 Å². The maximum absolute atomic E-state index is 9.47. The van der Waals surface area contributed by atoms with Crippen LogP contribution >= 0.6 is 0 Å². The number of H-pyrrole nitrogens is 1. The molecule has 0 aliphatic rings. The Kier molecular flexibility index (Phi) is 3.30. The van der Waals surface area contributed by atoms with Gasteiger partial charge in [-0.15, -0.1) is 0 Å². The molecule has 0 saturated heterocycles. The molecule has 0 spiro atoms. The Hall–Kier alpha value is -3.17. The van der Waals surface area contributed by atoms with Gasteiger partial charge in [0.1, 0.15) is 0 Å². The summed E-state index contributed by atoms with van der Waals surface area (Å²) in [7, 11) is 0. The second kappa shape index (κ2) is 5.68. The molecule has 26 heavy (non-hydrogen) atoms. The van der Waals surface area contributed by atoms with E-state index in [1.165, 1.54) is 21.9 Å². The molecular formula is C23H18N2O. The van der Waals surface area contributed by atoms with Crippen molar-refractivity contribution in [2.45, 2.75) is 13.5 Å². The van der Waals surface area contributed by atoms with Crippen molar-refractivity contribution in [1.29, 1.82) is 0 Å². The predicted molar refractivity (Wildman–Crippen MR) is 107 cm³/mol. The van der Waals surface area contributed by atoms with Crippen LogP contribution in [0.1, 0.15) is 11.1 Å². The minimum Gasteiger partial charge on any atom is -0.392 e. The molecular weight excluding hydrogens is 320 g/mol. The van der Waals surface area contributed by atoms with Crippen molar-refractivity contribution in [3.8, 4) is 11.3 Å². The number of pyridine rings is 1. The zero-order valence-electron chi connectivity index (χ0n) is 14.5. The summed E-state index contributed by atoms with van der Waals surface area (Å²) in [4.78, 5) is 8.29. The fourth-order valence-corrected chi connectivity index (χ4v) is 3.85. The predicted octanol–water partition coefficient (Wildman–Crippen LogP) is 5.34. The monoisotopic (exact) mass is 338 g/mol. The van der Waals surface area contributed by atoms with E-state index in [1.54, 1.807) is 0 Å². The molecule has 126 valence electrons. The summed E-state index contributed by atoms with van der Waals surface area (Å²) >= 11 is 0. The van der Waals surface area contributed by atoms with Gasteiger partial charge in [0, 0.05) is 28.0 Å². The van der Waals surface area contributed by atoms with Crippen LogP contribution in [0.15, 0.2) is 66.9 Å². The van der Waals surface area contributed by atoms with Crippen molar-refractivity contribution in [2.24, 2.45) is 0 Å². The standard InChI is InChI=1S/C23H18N2O/c1-14-6-8-16-4-2-3-5-17(16)21(14)23-22-18(10-11-24-23)19-12-15(13-26)7-9-20(19)25-22/h2-12,25-26H,13H2,1H3. The summed E-state index contributed by atoms with van der Waals surface area (Å²) < 4.78 is 0. The first kappa shape index (κ1) is 15.1. The summed E-state index contributed by atoms with van der Waals surface area (Å²) in [5.74, 6) is 0. The van der Waals surface area contributed by atoms with E-state index in [-0.39, 0.29) is 6.61 Å². The Morgan fingerprint density at radius 1 is 0.923 bits per heavy atom. The van der Waals surface area contributed by atoms with Crippen molar-refractivity contribution in [3.63, 3.8) is 0 Å². The lowest BCUT2D eigenvalue weighted by Gasteiger charge is -2.11. The van der Waals surface area contributed by atoms with Crippen LogP contribution in [0, 0.1) is 6.92 Å². The SMILES string of the molecule is Cc1ccc2ccccc2c1-c1nccc2c1[nH]c1ccc(CO)cc12. The first-order chi connectivity index (χ1) is 12.8. The largest absolute Gasteiger partial charge is 0.392 e. The molecule has 5 aromatic rings. The van der Waals surface area contributed by atoms with E-state index in [9.17, 15) is 5.11 Å².